The van der Waals surface area contributed by atoms with Crippen molar-refractivity contribution < 1.29 is 9.59 Å². The van der Waals surface area contributed by atoms with Gasteiger partial charge in [-0.25, -0.2) is 0 Å². The fourth-order valence-corrected chi connectivity index (χ4v) is 0.441. The molecular weight excluding hydrogens is 130 g/mol. The molecule has 0 rings (SSSR count). The molecule has 1 unspecified atom stereocenters. The van der Waals surface area contributed by atoms with E-state index in [-0.39, 0.29) is 17.6 Å². The summed E-state index contributed by atoms with van der Waals surface area (Å²) >= 11 is 0. The molecule has 0 aromatic rings. The molecule has 0 aromatic heterocycles. The molecule has 0 saturated carbocycles. The largest absolute Gasteiger partial charge is 0.356 e. The van der Waals surface area contributed by atoms with Gasteiger partial charge in [-0.05, 0) is 6.92 Å². The van der Waals surface area contributed by atoms with E-state index in [1.165, 1.54) is 13.8 Å². The molecule has 0 aliphatic rings. The van der Waals surface area contributed by atoms with Crippen molar-refractivity contribution in [1.82, 2.24) is 5.32 Å². The van der Waals surface area contributed by atoms with Gasteiger partial charge in [-0.1, -0.05) is 6.92 Å². The molecule has 0 heterocycles. The average Bonchev–Trinajstić information content (AvgIpc) is 1.82. The third kappa shape index (κ3) is 4.06. The van der Waals surface area contributed by atoms with E-state index in [0.717, 1.165) is 0 Å². The number of ketones is 1. The Bertz CT molecular complexity index is 143. The molecular formula is C7H13NO2. The van der Waals surface area contributed by atoms with Crippen molar-refractivity contribution in [3.05, 3.63) is 0 Å². The summed E-state index contributed by atoms with van der Waals surface area (Å²) in [4.78, 5) is 21.0. The van der Waals surface area contributed by atoms with Gasteiger partial charge in [-0.3, -0.25) is 9.59 Å². The minimum atomic E-state index is -0.0897. The highest BCUT2D eigenvalue weighted by Crippen LogP contribution is 1.92. The van der Waals surface area contributed by atoms with Gasteiger partial charge in [0, 0.05) is 19.4 Å². The zero-order valence-corrected chi connectivity index (χ0v) is 6.60. The molecule has 3 heteroatoms. The highest BCUT2D eigenvalue weighted by atomic mass is 16.1. The summed E-state index contributed by atoms with van der Waals surface area (Å²) in [5.41, 5.74) is 0. The van der Waals surface area contributed by atoms with Gasteiger partial charge < -0.3 is 5.32 Å². The average molecular weight is 143 g/mol. The number of hydrogen-bond donors (Lipinski definition) is 1. The Balaban J connectivity index is 3.49. The monoisotopic (exact) mass is 143 g/mol. The molecule has 0 bridgehead atoms. The highest BCUT2D eigenvalue weighted by molar-refractivity contribution is 5.79. The molecule has 1 amide bonds. The van der Waals surface area contributed by atoms with Crippen molar-refractivity contribution in [3.8, 4) is 0 Å². The lowest BCUT2D eigenvalue weighted by molar-refractivity contribution is -0.121. The fourth-order valence-electron chi connectivity index (χ4n) is 0.441. The molecule has 0 radical (unpaired) electrons. The minimum Gasteiger partial charge on any atom is -0.356 e. The number of amides is 1. The van der Waals surface area contributed by atoms with Gasteiger partial charge in [0.25, 0.3) is 0 Å². The van der Waals surface area contributed by atoms with E-state index in [1.54, 1.807) is 6.92 Å². The number of nitrogens with one attached hydrogen (secondary N) is 1. The number of carbonyl (C=O) groups is 2. The second kappa shape index (κ2) is 4.04. The van der Waals surface area contributed by atoms with Crippen molar-refractivity contribution in [2.45, 2.75) is 20.8 Å². The Morgan fingerprint density at radius 3 is 2.20 bits per heavy atom. The summed E-state index contributed by atoms with van der Waals surface area (Å²) in [5, 5.41) is 2.57. The number of carbonyl (C=O) groups excluding carboxylic acids is 2. The van der Waals surface area contributed by atoms with Gasteiger partial charge in [-0.2, -0.15) is 0 Å². The third-order valence-electron chi connectivity index (χ3n) is 1.35. The predicted octanol–water partition coefficient (Wildman–Crippen LogP) is 0.348. The van der Waals surface area contributed by atoms with Gasteiger partial charge in [-0.15, -0.1) is 0 Å². The van der Waals surface area contributed by atoms with Crippen LogP contribution in [-0.4, -0.2) is 18.2 Å². The Morgan fingerprint density at radius 1 is 1.40 bits per heavy atom. The zero-order valence-electron chi connectivity index (χ0n) is 6.60. The summed E-state index contributed by atoms with van der Waals surface area (Å²) in [6.45, 7) is 5.20. The second-order valence-electron chi connectivity index (χ2n) is 2.45. The SMILES string of the molecule is CC(=O)NCC(C)C(C)=O. The van der Waals surface area contributed by atoms with Crippen LogP contribution in [0.3, 0.4) is 0 Å². The van der Waals surface area contributed by atoms with Gasteiger partial charge in [0.05, 0.1) is 0 Å². The quantitative estimate of drug-likeness (QED) is 0.619. The Labute approximate surface area is 60.8 Å². The van der Waals surface area contributed by atoms with Crippen molar-refractivity contribution in [1.29, 1.82) is 0 Å². The summed E-state index contributed by atoms with van der Waals surface area (Å²) in [7, 11) is 0. The molecule has 3 nitrogen and oxygen atoms in total. The van der Waals surface area contributed by atoms with E-state index in [0.29, 0.717) is 6.54 Å². The minimum absolute atomic E-state index is 0.0658. The van der Waals surface area contributed by atoms with Gasteiger partial charge in [0.15, 0.2) is 0 Å². The van der Waals surface area contributed by atoms with E-state index in [1.807, 2.05) is 0 Å². The first-order valence-corrected chi connectivity index (χ1v) is 3.29. The number of Topliss-reactive ketones (excluding diaryl/α,β-unsaturated/α-hetero) is 1. The lowest BCUT2D eigenvalue weighted by Crippen LogP contribution is -2.28. The van der Waals surface area contributed by atoms with Crippen LogP contribution in [-0.2, 0) is 9.59 Å². The number of rotatable bonds is 3. The van der Waals surface area contributed by atoms with Crippen LogP contribution in [0.15, 0.2) is 0 Å². The van der Waals surface area contributed by atoms with Crippen molar-refractivity contribution in [3.63, 3.8) is 0 Å². The highest BCUT2D eigenvalue weighted by Gasteiger charge is 2.06. The van der Waals surface area contributed by atoms with Crippen LogP contribution in [0.4, 0.5) is 0 Å². The zero-order chi connectivity index (χ0) is 8.15. The Morgan fingerprint density at radius 2 is 1.90 bits per heavy atom. The lowest BCUT2D eigenvalue weighted by atomic mass is 10.1. The van der Waals surface area contributed by atoms with Gasteiger partial charge >= 0.3 is 0 Å². The van der Waals surface area contributed by atoms with Crippen molar-refractivity contribution in [2.24, 2.45) is 5.92 Å². The van der Waals surface area contributed by atoms with Crippen LogP contribution >= 0.6 is 0 Å². The first kappa shape index (κ1) is 9.14. The molecule has 0 aromatic carbocycles. The van der Waals surface area contributed by atoms with Crippen LogP contribution in [0.25, 0.3) is 0 Å². The van der Waals surface area contributed by atoms with Gasteiger partial charge in [0.2, 0.25) is 5.91 Å². The summed E-state index contributed by atoms with van der Waals surface area (Å²) in [6.07, 6.45) is 0. The maximum absolute atomic E-state index is 10.6. The second-order valence-corrected chi connectivity index (χ2v) is 2.45. The first-order chi connectivity index (χ1) is 4.54. The van der Waals surface area contributed by atoms with E-state index in [9.17, 15) is 9.59 Å². The van der Waals surface area contributed by atoms with E-state index >= 15 is 0 Å². The molecule has 0 aliphatic heterocycles. The number of hydrogen-bond acceptors (Lipinski definition) is 2. The van der Waals surface area contributed by atoms with Crippen LogP contribution in [0.2, 0.25) is 0 Å². The van der Waals surface area contributed by atoms with Crippen LogP contribution in [0.5, 0.6) is 0 Å². The Kier molecular flexibility index (Phi) is 3.69. The molecule has 0 fully saturated rings. The Hall–Kier alpha value is -0.860. The molecule has 0 spiro atoms. The molecule has 0 aliphatic carbocycles. The molecule has 1 atom stereocenters. The van der Waals surface area contributed by atoms with Crippen LogP contribution in [0.1, 0.15) is 20.8 Å². The molecule has 58 valence electrons. The normalized spacial score (nSPS) is 12.3. The molecule has 1 N–H and O–H groups in total. The summed E-state index contributed by atoms with van der Waals surface area (Å²) in [5.74, 6) is -0.0502. The van der Waals surface area contributed by atoms with E-state index in [2.05, 4.69) is 5.32 Å². The summed E-state index contributed by atoms with van der Waals surface area (Å²) in [6, 6.07) is 0. The van der Waals surface area contributed by atoms with Crippen LogP contribution in [0, 0.1) is 5.92 Å². The standard InChI is InChI=1S/C7H13NO2/c1-5(6(2)9)4-8-7(3)10/h5H,4H2,1-3H3,(H,8,10). The van der Waals surface area contributed by atoms with Crippen molar-refractivity contribution >= 4 is 11.7 Å². The smallest absolute Gasteiger partial charge is 0.216 e. The lowest BCUT2D eigenvalue weighted by Gasteiger charge is -2.06. The predicted molar refractivity (Wildman–Crippen MR) is 38.5 cm³/mol. The maximum atomic E-state index is 10.6. The molecule has 0 saturated heterocycles. The van der Waals surface area contributed by atoms with E-state index < -0.39 is 0 Å². The topological polar surface area (TPSA) is 46.2 Å². The fraction of sp³-hybridized carbons (Fsp3) is 0.714. The van der Waals surface area contributed by atoms with Gasteiger partial charge in [0.1, 0.15) is 5.78 Å². The maximum Gasteiger partial charge on any atom is 0.216 e. The molecule has 10 heavy (non-hydrogen) atoms. The van der Waals surface area contributed by atoms with Crippen molar-refractivity contribution in [2.75, 3.05) is 6.54 Å². The third-order valence-corrected chi connectivity index (χ3v) is 1.35. The van der Waals surface area contributed by atoms with Crippen LogP contribution < -0.4 is 5.32 Å². The first-order valence-electron chi connectivity index (χ1n) is 3.29. The van der Waals surface area contributed by atoms with E-state index in [4.69, 9.17) is 0 Å². The summed E-state index contributed by atoms with van der Waals surface area (Å²) < 4.78 is 0.